The van der Waals surface area contributed by atoms with Gasteiger partial charge in [-0.05, 0) is 24.7 Å². The van der Waals surface area contributed by atoms with Crippen LogP contribution in [0.2, 0.25) is 0 Å². The average molecular weight is 261 g/mol. The molecular formula is C13H15N3O3. The molecular weight excluding hydrogens is 246 g/mol. The van der Waals surface area contributed by atoms with E-state index in [0.29, 0.717) is 5.41 Å². The lowest BCUT2D eigenvalue weighted by atomic mass is 9.68. The molecule has 1 spiro atoms. The first-order valence-electron chi connectivity index (χ1n) is 6.44. The SMILES string of the molecule is O=C(O)c1cnc(C(=O)N2CCC3(CCC3)C2)cn1. The van der Waals surface area contributed by atoms with Gasteiger partial charge in [-0.15, -0.1) is 0 Å². The third-order valence-electron chi connectivity index (χ3n) is 4.23. The molecule has 1 amide bonds. The molecule has 0 bridgehead atoms. The summed E-state index contributed by atoms with van der Waals surface area (Å²) in [5.74, 6) is -1.28. The van der Waals surface area contributed by atoms with Gasteiger partial charge < -0.3 is 10.0 Å². The van der Waals surface area contributed by atoms with Gasteiger partial charge in [-0.3, -0.25) is 4.79 Å². The second kappa shape index (κ2) is 4.29. The number of nitrogens with zero attached hydrogens (tertiary/aromatic N) is 3. The van der Waals surface area contributed by atoms with Crippen LogP contribution in [0.1, 0.15) is 46.7 Å². The first-order valence-corrected chi connectivity index (χ1v) is 6.44. The molecule has 1 aromatic heterocycles. The van der Waals surface area contributed by atoms with Crippen molar-refractivity contribution in [1.29, 1.82) is 0 Å². The normalized spacial score (nSPS) is 20.3. The third kappa shape index (κ3) is 2.07. The van der Waals surface area contributed by atoms with Gasteiger partial charge in [-0.25, -0.2) is 14.8 Å². The molecule has 2 aliphatic rings. The molecule has 1 aromatic rings. The van der Waals surface area contributed by atoms with Crippen LogP contribution in [-0.4, -0.2) is 44.9 Å². The minimum Gasteiger partial charge on any atom is -0.476 e. The number of hydrogen-bond acceptors (Lipinski definition) is 4. The van der Waals surface area contributed by atoms with Crippen LogP contribution in [0.3, 0.4) is 0 Å². The summed E-state index contributed by atoms with van der Waals surface area (Å²) in [4.78, 5) is 32.3. The molecule has 0 aromatic carbocycles. The Hall–Kier alpha value is -1.98. The van der Waals surface area contributed by atoms with Gasteiger partial charge in [0.05, 0.1) is 12.4 Å². The molecule has 1 aliphatic heterocycles. The first kappa shape index (κ1) is 12.1. The van der Waals surface area contributed by atoms with Crippen LogP contribution in [0.4, 0.5) is 0 Å². The van der Waals surface area contributed by atoms with Gasteiger partial charge in [0.2, 0.25) is 0 Å². The van der Waals surface area contributed by atoms with Crippen LogP contribution in [0.15, 0.2) is 12.4 Å². The zero-order chi connectivity index (χ0) is 13.5. The molecule has 0 atom stereocenters. The van der Waals surface area contributed by atoms with Crippen molar-refractivity contribution in [2.75, 3.05) is 13.1 Å². The van der Waals surface area contributed by atoms with Gasteiger partial charge in [-0.1, -0.05) is 6.42 Å². The highest BCUT2D eigenvalue weighted by Gasteiger charge is 2.44. The molecule has 6 heteroatoms. The summed E-state index contributed by atoms with van der Waals surface area (Å²) in [7, 11) is 0. The molecule has 1 saturated heterocycles. The maximum absolute atomic E-state index is 12.2. The van der Waals surface area contributed by atoms with E-state index >= 15 is 0 Å². The van der Waals surface area contributed by atoms with Crippen LogP contribution in [0.25, 0.3) is 0 Å². The van der Waals surface area contributed by atoms with Gasteiger partial charge >= 0.3 is 5.97 Å². The molecule has 0 unspecified atom stereocenters. The monoisotopic (exact) mass is 261 g/mol. The van der Waals surface area contributed by atoms with Gasteiger partial charge in [0.25, 0.3) is 5.91 Å². The van der Waals surface area contributed by atoms with Crippen molar-refractivity contribution >= 4 is 11.9 Å². The number of likely N-dealkylation sites (tertiary alicyclic amines) is 1. The molecule has 3 rings (SSSR count). The van der Waals surface area contributed by atoms with Crippen LogP contribution >= 0.6 is 0 Å². The Balaban J connectivity index is 1.72. The van der Waals surface area contributed by atoms with E-state index in [1.807, 2.05) is 4.90 Å². The molecule has 1 aliphatic carbocycles. The van der Waals surface area contributed by atoms with Crippen LogP contribution in [-0.2, 0) is 0 Å². The molecule has 1 N–H and O–H groups in total. The van der Waals surface area contributed by atoms with Crippen molar-refractivity contribution in [3.63, 3.8) is 0 Å². The van der Waals surface area contributed by atoms with Crippen molar-refractivity contribution in [1.82, 2.24) is 14.9 Å². The summed E-state index contributed by atoms with van der Waals surface area (Å²) in [6.07, 6.45) is 7.12. The first-order chi connectivity index (χ1) is 9.10. The van der Waals surface area contributed by atoms with Crippen LogP contribution in [0.5, 0.6) is 0 Å². The van der Waals surface area contributed by atoms with Crippen LogP contribution < -0.4 is 0 Å². The van der Waals surface area contributed by atoms with Crippen LogP contribution in [0, 0.1) is 5.41 Å². The minimum atomic E-state index is -1.14. The molecule has 0 radical (unpaired) electrons. The molecule has 2 fully saturated rings. The van der Waals surface area contributed by atoms with E-state index < -0.39 is 5.97 Å². The summed E-state index contributed by atoms with van der Waals surface area (Å²) in [5.41, 5.74) is 0.430. The Morgan fingerprint density at radius 1 is 1.16 bits per heavy atom. The summed E-state index contributed by atoms with van der Waals surface area (Å²) in [5, 5.41) is 8.74. The highest BCUT2D eigenvalue weighted by atomic mass is 16.4. The van der Waals surface area contributed by atoms with Gasteiger partial charge in [0, 0.05) is 13.1 Å². The number of carbonyl (C=O) groups excluding carboxylic acids is 1. The predicted octanol–water partition coefficient (Wildman–Crippen LogP) is 1.19. The Morgan fingerprint density at radius 2 is 1.84 bits per heavy atom. The number of amides is 1. The fourth-order valence-corrected chi connectivity index (χ4v) is 2.90. The molecule has 100 valence electrons. The predicted molar refractivity (Wildman–Crippen MR) is 65.8 cm³/mol. The number of aromatic carboxylic acids is 1. The van der Waals surface area contributed by atoms with Crippen molar-refractivity contribution in [2.24, 2.45) is 5.41 Å². The van der Waals surface area contributed by atoms with E-state index in [-0.39, 0.29) is 17.3 Å². The lowest BCUT2D eigenvalue weighted by molar-refractivity contribution is 0.0684. The second-order valence-electron chi connectivity index (χ2n) is 5.42. The van der Waals surface area contributed by atoms with E-state index in [9.17, 15) is 9.59 Å². The van der Waals surface area contributed by atoms with Crippen molar-refractivity contribution in [2.45, 2.75) is 25.7 Å². The van der Waals surface area contributed by atoms with Gasteiger partial charge in [0.15, 0.2) is 5.69 Å². The van der Waals surface area contributed by atoms with E-state index in [1.54, 1.807) is 0 Å². The van der Waals surface area contributed by atoms with Gasteiger partial charge in [-0.2, -0.15) is 0 Å². The number of aromatic nitrogens is 2. The summed E-state index contributed by atoms with van der Waals surface area (Å²) < 4.78 is 0. The minimum absolute atomic E-state index is 0.145. The largest absolute Gasteiger partial charge is 0.476 e. The Morgan fingerprint density at radius 3 is 2.32 bits per heavy atom. The highest BCUT2D eigenvalue weighted by molar-refractivity contribution is 5.93. The van der Waals surface area contributed by atoms with E-state index in [2.05, 4.69) is 9.97 Å². The summed E-state index contributed by atoms with van der Waals surface area (Å²) >= 11 is 0. The Bertz CT molecular complexity index is 522. The maximum atomic E-state index is 12.2. The smallest absolute Gasteiger partial charge is 0.356 e. The van der Waals surface area contributed by atoms with E-state index in [4.69, 9.17) is 5.11 Å². The number of carboxylic acids is 1. The van der Waals surface area contributed by atoms with E-state index in [1.165, 1.54) is 25.5 Å². The zero-order valence-electron chi connectivity index (χ0n) is 10.5. The van der Waals surface area contributed by atoms with Crippen molar-refractivity contribution in [3.8, 4) is 0 Å². The second-order valence-corrected chi connectivity index (χ2v) is 5.42. The maximum Gasteiger partial charge on any atom is 0.356 e. The number of carbonyl (C=O) groups is 2. The topological polar surface area (TPSA) is 83.4 Å². The van der Waals surface area contributed by atoms with E-state index in [0.717, 1.165) is 25.7 Å². The number of hydrogen-bond donors (Lipinski definition) is 1. The number of rotatable bonds is 2. The standard InChI is InChI=1S/C13H15N3O3/c17-11(9-6-15-10(7-14-9)12(18)19)16-5-4-13(8-16)2-1-3-13/h6-7H,1-5,8H2,(H,18,19). The quantitative estimate of drug-likeness (QED) is 0.864. The highest BCUT2D eigenvalue weighted by Crippen LogP contribution is 2.48. The lowest BCUT2D eigenvalue weighted by Crippen LogP contribution is -2.36. The number of carboxylic acid groups (broad SMARTS) is 1. The fraction of sp³-hybridized carbons (Fsp3) is 0.538. The summed E-state index contributed by atoms with van der Waals surface area (Å²) in [6.45, 7) is 1.56. The lowest BCUT2D eigenvalue weighted by Gasteiger charge is -2.37. The Kier molecular flexibility index (Phi) is 2.73. The average Bonchev–Trinajstić information content (AvgIpc) is 2.83. The zero-order valence-corrected chi connectivity index (χ0v) is 10.5. The van der Waals surface area contributed by atoms with Gasteiger partial charge in [0.1, 0.15) is 5.69 Å². The summed E-state index contributed by atoms with van der Waals surface area (Å²) in [6, 6.07) is 0. The van der Waals surface area contributed by atoms with Crippen molar-refractivity contribution in [3.05, 3.63) is 23.8 Å². The molecule has 1 saturated carbocycles. The molecule has 19 heavy (non-hydrogen) atoms. The molecule has 2 heterocycles. The third-order valence-corrected chi connectivity index (χ3v) is 4.23. The fourth-order valence-electron chi connectivity index (χ4n) is 2.90. The Labute approximate surface area is 110 Å². The molecule has 6 nitrogen and oxygen atoms in total. The van der Waals surface area contributed by atoms with Crippen molar-refractivity contribution < 1.29 is 14.7 Å².